The average molecular weight is 383 g/mol. The summed E-state index contributed by atoms with van der Waals surface area (Å²) in [5, 5.41) is 3.13. The second-order valence-corrected chi connectivity index (χ2v) is 8.10. The van der Waals surface area contributed by atoms with E-state index in [-0.39, 0.29) is 18.3 Å². The molecule has 2 aliphatic rings. The normalized spacial score (nSPS) is 20.3. The van der Waals surface area contributed by atoms with E-state index in [1.54, 1.807) is 6.92 Å². The lowest BCUT2D eigenvalue weighted by Gasteiger charge is -2.32. The third-order valence-corrected chi connectivity index (χ3v) is 6.72. The third-order valence-electron chi connectivity index (χ3n) is 5.57. The van der Waals surface area contributed by atoms with Crippen LogP contribution in [0, 0.1) is 0 Å². The van der Waals surface area contributed by atoms with Crippen molar-refractivity contribution in [1.82, 2.24) is 0 Å². The summed E-state index contributed by atoms with van der Waals surface area (Å²) in [5.74, 6) is -0.678. The van der Waals surface area contributed by atoms with Gasteiger partial charge in [0.25, 0.3) is 0 Å². The third kappa shape index (κ3) is 2.70. The highest BCUT2D eigenvalue weighted by molar-refractivity contribution is 7.19. The SMILES string of the molecule is CCOC(=O)c1c(NC(C)=O)sc2c1CCC1(CCc3ccccc31)C2=O. The van der Waals surface area contributed by atoms with E-state index in [1.807, 2.05) is 12.1 Å². The number of nitrogens with one attached hydrogen (secondary N) is 1. The van der Waals surface area contributed by atoms with Crippen LogP contribution in [0.4, 0.5) is 5.00 Å². The highest BCUT2D eigenvalue weighted by Crippen LogP contribution is 2.51. The van der Waals surface area contributed by atoms with Crippen LogP contribution in [0.1, 0.15) is 63.4 Å². The first-order chi connectivity index (χ1) is 13.0. The molecule has 0 saturated heterocycles. The zero-order valence-corrected chi connectivity index (χ0v) is 16.2. The Morgan fingerprint density at radius 1 is 1.22 bits per heavy atom. The van der Waals surface area contributed by atoms with Crippen molar-refractivity contribution in [2.45, 2.75) is 44.9 Å². The second kappa shape index (κ2) is 6.60. The van der Waals surface area contributed by atoms with E-state index in [9.17, 15) is 14.4 Å². The maximum atomic E-state index is 13.6. The fourth-order valence-corrected chi connectivity index (χ4v) is 5.73. The molecular formula is C21H21NO4S. The molecule has 1 atom stereocenters. The lowest BCUT2D eigenvalue weighted by atomic mass is 9.69. The van der Waals surface area contributed by atoms with E-state index in [0.717, 1.165) is 24.0 Å². The molecule has 1 N–H and O–H groups in total. The summed E-state index contributed by atoms with van der Waals surface area (Å²) in [7, 11) is 0. The number of anilines is 1. The summed E-state index contributed by atoms with van der Waals surface area (Å²) in [6.45, 7) is 3.38. The molecule has 1 spiro atoms. The predicted molar refractivity (Wildman–Crippen MR) is 104 cm³/mol. The van der Waals surface area contributed by atoms with Crippen molar-refractivity contribution >= 4 is 34.0 Å². The highest BCUT2D eigenvalue weighted by atomic mass is 32.1. The monoisotopic (exact) mass is 383 g/mol. The smallest absolute Gasteiger partial charge is 0.341 e. The van der Waals surface area contributed by atoms with Crippen molar-refractivity contribution in [2.24, 2.45) is 0 Å². The Balaban J connectivity index is 1.82. The molecule has 0 saturated carbocycles. The van der Waals surface area contributed by atoms with Gasteiger partial charge in [-0.05, 0) is 49.3 Å². The Kier molecular flexibility index (Phi) is 4.38. The quantitative estimate of drug-likeness (QED) is 0.816. The van der Waals surface area contributed by atoms with Crippen LogP contribution in [0.3, 0.4) is 0 Å². The van der Waals surface area contributed by atoms with Crippen LogP contribution >= 0.6 is 11.3 Å². The lowest BCUT2D eigenvalue weighted by molar-refractivity contribution is -0.114. The van der Waals surface area contributed by atoms with E-state index in [2.05, 4.69) is 17.4 Å². The first-order valence-electron chi connectivity index (χ1n) is 9.21. The number of esters is 1. The Morgan fingerprint density at radius 3 is 2.70 bits per heavy atom. The molecule has 1 heterocycles. The fraction of sp³-hybridized carbons (Fsp3) is 0.381. The van der Waals surface area contributed by atoms with Gasteiger partial charge in [-0.3, -0.25) is 9.59 Å². The van der Waals surface area contributed by atoms with Gasteiger partial charge >= 0.3 is 5.97 Å². The van der Waals surface area contributed by atoms with Gasteiger partial charge in [-0.2, -0.15) is 0 Å². The van der Waals surface area contributed by atoms with Crippen LogP contribution < -0.4 is 5.32 Å². The van der Waals surface area contributed by atoms with Gasteiger partial charge in [-0.1, -0.05) is 24.3 Å². The summed E-state index contributed by atoms with van der Waals surface area (Å²) in [6, 6.07) is 8.14. The molecular weight excluding hydrogens is 362 g/mol. The molecule has 4 rings (SSSR count). The Hall–Kier alpha value is -2.47. The van der Waals surface area contributed by atoms with Crippen LogP contribution in [0.15, 0.2) is 24.3 Å². The number of benzene rings is 1. The number of ether oxygens (including phenoxy) is 1. The maximum absolute atomic E-state index is 13.6. The fourth-order valence-electron chi connectivity index (χ4n) is 4.41. The zero-order valence-electron chi connectivity index (χ0n) is 15.4. The van der Waals surface area contributed by atoms with Crippen molar-refractivity contribution in [1.29, 1.82) is 0 Å². The number of hydrogen-bond donors (Lipinski definition) is 1. The van der Waals surface area contributed by atoms with Gasteiger partial charge in [0, 0.05) is 6.92 Å². The van der Waals surface area contributed by atoms with E-state index < -0.39 is 11.4 Å². The summed E-state index contributed by atoms with van der Waals surface area (Å²) in [4.78, 5) is 38.3. The lowest BCUT2D eigenvalue weighted by Crippen LogP contribution is -2.37. The number of thiophene rings is 1. The minimum Gasteiger partial charge on any atom is -0.462 e. The number of amides is 1. The molecule has 5 nitrogen and oxygen atoms in total. The molecule has 1 aromatic heterocycles. The van der Waals surface area contributed by atoms with E-state index in [0.29, 0.717) is 28.3 Å². The Morgan fingerprint density at radius 2 is 1.96 bits per heavy atom. The molecule has 0 aliphatic heterocycles. The predicted octanol–water partition coefficient (Wildman–Crippen LogP) is 3.90. The number of carbonyl (C=O) groups is 3. The van der Waals surface area contributed by atoms with Gasteiger partial charge in [0.1, 0.15) is 5.00 Å². The summed E-state index contributed by atoms with van der Waals surface area (Å²) < 4.78 is 5.19. The first-order valence-corrected chi connectivity index (χ1v) is 10.0. The number of hydrogen-bond acceptors (Lipinski definition) is 5. The summed E-state index contributed by atoms with van der Waals surface area (Å²) >= 11 is 1.21. The molecule has 2 aliphatic carbocycles. The van der Waals surface area contributed by atoms with E-state index in [4.69, 9.17) is 4.74 Å². The van der Waals surface area contributed by atoms with Gasteiger partial charge < -0.3 is 10.1 Å². The summed E-state index contributed by atoms with van der Waals surface area (Å²) in [6.07, 6.45) is 3.00. The molecule has 1 aromatic carbocycles. The van der Waals surface area contributed by atoms with Gasteiger partial charge in [0.05, 0.1) is 22.5 Å². The largest absolute Gasteiger partial charge is 0.462 e. The van der Waals surface area contributed by atoms with Crippen LogP contribution in [0.2, 0.25) is 0 Å². The van der Waals surface area contributed by atoms with Crippen LogP contribution in [-0.4, -0.2) is 24.3 Å². The molecule has 0 radical (unpaired) electrons. The highest BCUT2D eigenvalue weighted by Gasteiger charge is 2.49. The van der Waals surface area contributed by atoms with E-state index >= 15 is 0 Å². The molecule has 2 aromatic rings. The molecule has 140 valence electrons. The van der Waals surface area contributed by atoms with E-state index in [1.165, 1.54) is 23.8 Å². The van der Waals surface area contributed by atoms with Crippen molar-refractivity contribution in [3.8, 4) is 0 Å². The zero-order chi connectivity index (χ0) is 19.2. The number of ketones is 1. The topological polar surface area (TPSA) is 72.5 Å². The average Bonchev–Trinajstić information content (AvgIpc) is 3.18. The van der Waals surface area contributed by atoms with Gasteiger partial charge in [0.2, 0.25) is 5.91 Å². The first kappa shape index (κ1) is 17.9. The van der Waals surface area contributed by atoms with Crippen molar-refractivity contribution in [3.05, 3.63) is 51.4 Å². The van der Waals surface area contributed by atoms with Crippen LogP contribution in [0.25, 0.3) is 0 Å². The molecule has 27 heavy (non-hydrogen) atoms. The Labute approximate surface area is 161 Å². The van der Waals surface area contributed by atoms with Gasteiger partial charge in [0.15, 0.2) is 5.78 Å². The minimum absolute atomic E-state index is 0.0702. The number of rotatable bonds is 3. The maximum Gasteiger partial charge on any atom is 0.341 e. The summed E-state index contributed by atoms with van der Waals surface area (Å²) in [5.41, 5.74) is 2.92. The number of aryl methyl sites for hydroxylation is 1. The molecule has 1 unspecified atom stereocenters. The second-order valence-electron chi connectivity index (χ2n) is 7.08. The molecule has 0 fully saturated rings. The number of Topliss-reactive ketones (excluding diaryl/α,β-unsaturated/α-hetero) is 1. The number of fused-ring (bicyclic) bond motifs is 3. The molecule has 6 heteroatoms. The van der Waals surface area contributed by atoms with Gasteiger partial charge in [-0.15, -0.1) is 11.3 Å². The van der Waals surface area contributed by atoms with Crippen molar-refractivity contribution in [3.63, 3.8) is 0 Å². The van der Waals surface area contributed by atoms with Gasteiger partial charge in [-0.25, -0.2) is 4.79 Å². The van der Waals surface area contributed by atoms with Crippen molar-refractivity contribution in [2.75, 3.05) is 11.9 Å². The number of carbonyl (C=O) groups excluding carboxylic acids is 3. The van der Waals surface area contributed by atoms with Crippen molar-refractivity contribution < 1.29 is 19.1 Å². The molecule has 1 amide bonds. The Bertz CT molecular complexity index is 961. The minimum atomic E-state index is -0.506. The van der Waals surface area contributed by atoms with Crippen LogP contribution in [-0.2, 0) is 27.8 Å². The van der Waals surface area contributed by atoms with Crippen LogP contribution in [0.5, 0.6) is 0 Å². The standard InChI is InChI=1S/C21H21NO4S/c1-3-26-20(25)16-14-9-11-21(10-8-13-6-4-5-7-15(13)21)18(24)17(14)27-19(16)22-12(2)23/h4-7H,3,8-11H2,1-2H3,(H,22,23). The molecule has 0 bridgehead atoms.